The van der Waals surface area contributed by atoms with E-state index >= 15 is 0 Å². The van der Waals surface area contributed by atoms with E-state index in [2.05, 4.69) is 39.6 Å². The van der Waals surface area contributed by atoms with E-state index in [0.29, 0.717) is 18.6 Å². The Kier molecular flexibility index (Phi) is 6.85. The molecule has 0 aromatic carbocycles. The minimum Gasteiger partial charge on any atom is -0.377 e. The average Bonchev–Trinajstić information content (AvgIpc) is 3.02. The number of aromatic nitrogens is 3. The normalized spacial score (nSPS) is 24.3. The fourth-order valence-corrected chi connectivity index (χ4v) is 3.82. The molecule has 0 bridgehead atoms. The number of piperidine rings is 1. The van der Waals surface area contributed by atoms with Crippen LogP contribution in [0.4, 0.5) is 0 Å². The number of aliphatic imine (C=N–C) groups is 1. The molecule has 1 aromatic rings. The van der Waals surface area contributed by atoms with Crippen LogP contribution in [0, 0.1) is 5.92 Å². The van der Waals surface area contributed by atoms with Crippen LogP contribution in [0.15, 0.2) is 4.99 Å². The Morgan fingerprint density at radius 2 is 2.23 bits per heavy atom. The maximum atomic E-state index is 5.14. The zero-order valence-electron chi connectivity index (χ0n) is 16.4. The Hall–Kier alpha value is -1.67. The molecule has 8 heteroatoms. The van der Waals surface area contributed by atoms with Gasteiger partial charge in [-0.1, -0.05) is 0 Å². The molecule has 2 atom stereocenters. The number of ether oxygens (including phenoxy) is 1. The highest BCUT2D eigenvalue weighted by molar-refractivity contribution is 5.80. The van der Waals surface area contributed by atoms with Crippen molar-refractivity contribution in [1.82, 2.24) is 30.3 Å². The summed E-state index contributed by atoms with van der Waals surface area (Å²) in [5.74, 6) is 3.41. The third kappa shape index (κ3) is 5.17. The van der Waals surface area contributed by atoms with Crippen LogP contribution in [-0.2, 0) is 24.3 Å². The van der Waals surface area contributed by atoms with Gasteiger partial charge in [0.1, 0.15) is 12.4 Å². The van der Waals surface area contributed by atoms with Crippen LogP contribution < -0.4 is 10.6 Å². The zero-order valence-corrected chi connectivity index (χ0v) is 16.4. The Labute approximate surface area is 156 Å². The van der Waals surface area contributed by atoms with Gasteiger partial charge in [-0.25, -0.2) is 9.67 Å². The van der Waals surface area contributed by atoms with Crippen molar-refractivity contribution >= 4 is 5.96 Å². The molecule has 1 aromatic heterocycles. The van der Waals surface area contributed by atoms with Gasteiger partial charge in [0.25, 0.3) is 0 Å². The lowest BCUT2D eigenvalue weighted by molar-refractivity contribution is 0.177. The number of nitrogens with one attached hydrogen (secondary N) is 2. The van der Waals surface area contributed by atoms with Gasteiger partial charge in [0.15, 0.2) is 11.8 Å². The van der Waals surface area contributed by atoms with Crippen LogP contribution in [0.1, 0.15) is 37.8 Å². The van der Waals surface area contributed by atoms with E-state index < -0.39 is 0 Å². The molecule has 0 saturated carbocycles. The molecule has 2 aliphatic heterocycles. The number of hydrogen-bond acceptors (Lipinski definition) is 5. The number of guanidine groups is 1. The molecule has 26 heavy (non-hydrogen) atoms. The molecule has 0 radical (unpaired) electrons. The first-order valence-electron chi connectivity index (χ1n) is 9.82. The van der Waals surface area contributed by atoms with Crippen LogP contribution in [0.5, 0.6) is 0 Å². The average molecular weight is 364 g/mol. The largest absolute Gasteiger partial charge is 0.377 e. The van der Waals surface area contributed by atoms with E-state index in [9.17, 15) is 0 Å². The van der Waals surface area contributed by atoms with Gasteiger partial charge in [0.2, 0.25) is 0 Å². The summed E-state index contributed by atoms with van der Waals surface area (Å²) in [5, 5.41) is 11.5. The van der Waals surface area contributed by atoms with Crippen molar-refractivity contribution in [3.8, 4) is 0 Å². The highest BCUT2D eigenvalue weighted by Gasteiger charge is 2.23. The maximum absolute atomic E-state index is 5.14. The monoisotopic (exact) mass is 363 g/mol. The van der Waals surface area contributed by atoms with Gasteiger partial charge in [-0.05, 0) is 45.7 Å². The first kappa shape index (κ1) is 19.1. The summed E-state index contributed by atoms with van der Waals surface area (Å²) in [6.07, 6.45) is 4.53. The molecule has 146 valence electrons. The van der Waals surface area contributed by atoms with Crippen LogP contribution >= 0.6 is 0 Å². The number of hydrogen-bond donors (Lipinski definition) is 2. The van der Waals surface area contributed by atoms with Gasteiger partial charge in [-0.15, -0.1) is 0 Å². The van der Waals surface area contributed by atoms with E-state index in [1.54, 1.807) is 7.11 Å². The van der Waals surface area contributed by atoms with E-state index in [1.165, 1.54) is 19.4 Å². The third-order valence-corrected chi connectivity index (χ3v) is 5.09. The maximum Gasteiger partial charge on any atom is 0.191 e. The Morgan fingerprint density at radius 3 is 3.00 bits per heavy atom. The third-order valence-electron chi connectivity index (χ3n) is 5.09. The highest BCUT2D eigenvalue weighted by atomic mass is 16.5. The molecule has 1 saturated heterocycles. The van der Waals surface area contributed by atoms with Crippen molar-refractivity contribution in [1.29, 1.82) is 0 Å². The van der Waals surface area contributed by atoms with Crippen LogP contribution in [0.3, 0.4) is 0 Å². The standard InChI is InChI=1S/C18H33N7O/c1-4-19-18(20-10-14-6-5-9-24(2)11-14)21-15-7-8-17-22-16(13-26-3)23-25(17)12-15/h14-15H,4-13H2,1-3H3,(H2,19,20,21). The predicted molar refractivity (Wildman–Crippen MR) is 102 cm³/mol. The molecule has 2 N–H and O–H groups in total. The lowest BCUT2D eigenvalue weighted by Crippen LogP contribution is -2.47. The molecule has 0 amide bonds. The smallest absolute Gasteiger partial charge is 0.191 e. The van der Waals surface area contributed by atoms with Crippen LogP contribution in [-0.4, -0.2) is 72.0 Å². The van der Waals surface area contributed by atoms with Gasteiger partial charge in [0, 0.05) is 39.2 Å². The highest BCUT2D eigenvalue weighted by Crippen LogP contribution is 2.16. The predicted octanol–water partition coefficient (Wildman–Crippen LogP) is 0.636. The summed E-state index contributed by atoms with van der Waals surface area (Å²) < 4.78 is 7.15. The van der Waals surface area contributed by atoms with Crippen molar-refractivity contribution in [2.45, 2.75) is 51.8 Å². The van der Waals surface area contributed by atoms with Gasteiger partial charge in [-0.3, -0.25) is 4.99 Å². The summed E-state index contributed by atoms with van der Waals surface area (Å²) in [6.45, 7) is 7.52. The topological polar surface area (TPSA) is 79.6 Å². The summed E-state index contributed by atoms with van der Waals surface area (Å²) in [4.78, 5) is 11.8. The number of methoxy groups -OCH3 is 1. The van der Waals surface area contributed by atoms with Gasteiger partial charge < -0.3 is 20.3 Å². The lowest BCUT2D eigenvalue weighted by atomic mass is 9.99. The molecular formula is C18H33N7O. The van der Waals surface area contributed by atoms with Crippen molar-refractivity contribution in [3.63, 3.8) is 0 Å². The summed E-state index contributed by atoms with van der Waals surface area (Å²) in [5.41, 5.74) is 0. The second kappa shape index (κ2) is 9.32. The molecule has 3 heterocycles. The fraction of sp³-hybridized carbons (Fsp3) is 0.833. The fourth-order valence-electron chi connectivity index (χ4n) is 3.82. The number of rotatable bonds is 6. The molecule has 2 unspecified atom stereocenters. The summed E-state index contributed by atoms with van der Waals surface area (Å²) in [7, 11) is 3.88. The van der Waals surface area contributed by atoms with Crippen LogP contribution in [0.25, 0.3) is 0 Å². The molecule has 3 rings (SSSR count). The molecule has 8 nitrogen and oxygen atoms in total. The zero-order chi connectivity index (χ0) is 18.4. The minimum atomic E-state index is 0.325. The molecule has 1 fully saturated rings. The van der Waals surface area contributed by atoms with Gasteiger partial charge in [-0.2, -0.15) is 5.10 Å². The van der Waals surface area contributed by atoms with E-state index in [1.807, 2.05) is 4.68 Å². The number of fused-ring (bicyclic) bond motifs is 1. The SMILES string of the molecule is CCNC(=NCC1CCCN(C)C1)NC1CCc2nc(COC)nn2C1. The Balaban J connectivity index is 1.56. The van der Waals surface area contributed by atoms with Gasteiger partial charge in [0.05, 0.1) is 6.54 Å². The Bertz CT molecular complexity index is 600. The molecular weight excluding hydrogens is 330 g/mol. The number of nitrogens with zero attached hydrogens (tertiary/aromatic N) is 5. The first-order valence-corrected chi connectivity index (χ1v) is 9.82. The minimum absolute atomic E-state index is 0.325. The van der Waals surface area contributed by atoms with Crippen molar-refractivity contribution in [2.24, 2.45) is 10.9 Å². The van der Waals surface area contributed by atoms with Crippen molar-refractivity contribution < 1.29 is 4.74 Å². The summed E-state index contributed by atoms with van der Waals surface area (Å²) >= 11 is 0. The molecule has 2 aliphatic rings. The second-order valence-electron chi connectivity index (χ2n) is 7.43. The summed E-state index contributed by atoms with van der Waals surface area (Å²) in [6, 6.07) is 0.325. The number of likely N-dealkylation sites (tertiary alicyclic amines) is 1. The quantitative estimate of drug-likeness (QED) is 0.570. The van der Waals surface area contributed by atoms with Gasteiger partial charge >= 0.3 is 0 Å². The number of aryl methyl sites for hydroxylation is 1. The van der Waals surface area contributed by atoms with Crippen LogP contribution in [0.2, 0.25) is 0 Å². The van der Waals surface area contributed by atoms with Crippen molar-refractivity contribution in [2.75, 3.05) is 40.3 Å². The molecule has 0 spiro atoms. The first-order chi connectivity index (χ1) is 12.7. The second-order valence-corrected chi connectivity index (χ2v) is 7.43. The van der Waals surface area contributed by atoms with E-state index in [0.717, 1.165) is 56.6 Å². The lowest BCUT2D eigenvalue weighted by Gasteiger charge is -2.29. The molecule has 0 aliphatic carbocycles. The van der Waals surface area contributed by atoms with E-state index in [-0.39, 0.29) is 0 Å². The van der Waals surface area contributed by atoms with Crippen molar-refractivity contribution in [3.05, 3.63) is 11.6 Å². The van der Waals surface area contributed by atoms with E-state index in [4.69, 9.17) is 9.73 Å². The Morgan fingerprint density at radius 1 is 1.35 bits per heavy atom.